The Morgan fingerprint density at radius 3 is 2.93 bits per heavy atom. The molecule has 1 saturated heterocycles. The number of thiazole rings is 1. The smallest absolute Gasteiger partial charge is 0.229 e. The standard InChI is InChI=1S/C22H26N4O3S/c1-3-28-16-9-10-19(29-4-2)18(13-16)24-20(27)15-7-6-12-26(14-15)22-25-17-8-5-11-23-21(17)30-22/h5,8-11,13,15H,3-4,6-7,12,14H2,1-2H3,(H,24,27)/t15-/m1/s1. The number of piperidine rings is 1. The number of carbonyl (C=O) groups is 1. The highest BCUT2D eigenvalue weighted by Crippen LogP contribution is 2.33. The lowest BCUT2D eigenvalue weighted by Gasteiger charge is -2.31. The van der Waals surface area contributed by atoms with Crippen molar-refractivity contribution in [2.45, 2.75) is 26.7 Å². The number of carbonyl (C=O) groups excluding carboxylic acids is 1. The van der Waals surface area contributed by atoms with Crippen LogP contribution >= 0.6 is 11.3 Å². The number of pyridine rings is 1. The van der Waals surface area contributed by atoms with Crippen LogP contribution in [0.5, 0.6) is 11.5 Å². The highest BCUT2D eigenvalue weighted by molar-refractivity contribution is 7.21. The van der Waals surface area contributed by atoms with Crippen LogP contribution in [0.2, 0.25) is 0 Å². The van der Waals surface area contributed by atoms with Gasteiger partial charge in [0.2, 0.25) is 5.91 Å². The zero-order valence-electron chi connectivity index (χ0n) is 17.3. The predicted molar refractivity (Wildman–Crippen MR) is 120 cm³/mol. The molecule has 1 aliphatic rings. The van der Waals surface area contributed by atoms with E-state index in [9.17, 15) is 4.79 Å². The number of nitrogens with zero attached hydrogens (tertiary/aromatic N) is 3. The maximum atomic E-state index is 13.1. The molecule has 0 radical (unpaired) electrons. The van der Waals surface area contributed by atoms with Crippen molar-refractivity contribution in [2.24, 2.45) is 5.92 Å². The van der Waals surface area contributed by atoms with E-state index in [-0.39, 0.29) is 11.8 Å². The molecule has 0 spiro atoms. The van der Waals surface area contributed by atoms with Crippen LogP contribution in [0.3, 0.4) is 0 Å². The second-order valence-electron chi connectivity index (χ2n) is 7.12. The molecule has 158 valence electrons. The van der Waals surface area contributed by atoms with E-state index in [1.54, 1.807) is 17.5 Å². The Kier molecular flexibility index (Phi) is 6.32. The van der Waals surface area contributed by atoms with Crippen molar-refractivity contribution in [3.05, 3.63) is 36.5 Å². The van der Waals surface area contributed by atoms with E-state index in [1.807, 2.05) is 44.2 Å². The van der Waals surface area contributed by atoms with Crippen LogP contribution in [0.25, 0.3) is 10.3 Å². The van der Waals surface area contributed by atoms with E-state index in [1.165, 1.54) is 0 Å². The normalized spacial score (nSPS) is 16.5. The van der Waals surface area contributed by atoms with Gasteiger partial charge >= 0.3 is 0 Å². The second-order valence-corrected chi connectivity index (χ2v) is 8.08. The quantitative estimate of drug-likeness (QED) is 0.606. The highest BCUT2D eigenvalue weighted by atomic mass is 32.1. The molecule has 0 bridgehead atoms. The molecule has 8 heteroatoms. The van der Waals surface area contributed by atoms with Gasteiger partial charge in [-0.25, -0.2) is 9.97 Å². The zero-order valence-corrected chi connectivity index (χ0v) is 18.1. The summed E-state index contributed by atoms with van der Waals surface area (Å²) in [4.78, 5) is 25.3. The maximum absolute atomic E-state index is 13.1. The molecule has 3 aromatic rings. The van der Waals surface area contributed by atoms with E-state index in [2.05, 4.69) is 15.2 Å². The minimum absolute atomic E-state index is 0.00598. The van der Waals surface area contributed by atoms with Crippen LogP contribution in [-0.4, -0.2) is 42.2 Å². The summed E-state index contributed by atoms with van der Waals surface area (Å²) in [5.41, 5.74) is 1.55. The molecule has 1 amide bonds. The Bertz CT molecular complexity index is 990. The van der Waals surface area contributed by atoms with Gasteiger partial charge in [0.1, 0.15) is 21.8 Å². The summed E-state index contributed by atoms with van der Waals surface area (Å²) in [6.07, 6.45) is 3.57. The molecule has 0 unspecified atom stereocenters. The first-order chi connectivity index (χ1) is 14.7. The first-order valence-electron chi connectivity index (χ1n) is 10.3. The fourth-order valence-electron chi connectivity index (χ4n) is 3.64. The van der Waals surface area contributed by atoms with Crippen molar-refractivity contribution >= 4 is 38.4 Å². The summed E-state index contributed by atoms with van der Waals surface area (Å²) >= 11 is 1.57. The number of anilines is 2. The number of nitrogens with one attached hydrogen (secondary N) is 1. The van der Waals surface area contributed by atoms with E-state index >= 15 is 0 Å². The topological polar surface area (TPSA) is 76.6 Å². The van der Waals surface area contributed by atoms with Crippen molar-refractivity contribution in [3.8, 4) is 11.5 Å². The third-order valence-electron chi connectivity index (χ3n) is 5.04. The van der Waals surface area contributed by atoms with Crippen LogP contribution in [0.1, 0.15) is 26.7 Å². The van der Waals surface area contributed by atoms with Gasteiger partial charge in [0.25, 0.3) is 0 Å². The van der Waals surface area contributed by atoms with Gasteiger partial charge in [0, 0.05) is 25.4 Å². The van der Waals surface area contributed by atoms with E-state index in [0.717, 1.165) is 34.9 Å². The van der Waals surface area contributed by atoms with Crippen LogP contribution in [0.15, 0.2) is 36.5 Å². The molecule has 4 rings (SSSR count). The largest absolute Gasteiger partial charge is 0.494 e. The number of hydrogen-bond donors (Lipinski definition) is 1. The molecule has 1 atom stereocenters. The number of rotatable bonds is 7. The highest BCUT2D eigenvalue weighted by Gasteiger charge is 2.28. The van der Waals surface area contributed by atoms with E-state index in [4.69, 9.17) is 14.5 Å². The molecule has 1 aromatic carbocycles. The van der Waals surface area contributed by atoms with Gasteiger partial charge in [-0.15, -0.1) is 0 Å². The van der Waals surface area contributed by atoms with Crippen molar-refractivity contribution in [3.63, 3.8) is 0 Å². The number of amides is 1. The summed E-state index contributed by atoms with van der Waals surface area (Å²) in [5, 5.41) is 3.99. The predicted octanol–water partition coefficient (Wildman–Crippen LogP) is 4.34. The molecule has 0 aliphatic carbocycles. The van der Waals surface area contributed by atoms with Gasteiger partial charge in [-0.2, -0.15) is 0 Å². The Morgan fingerprint density at radius 2 is 2.13 bits per heavy atom. The average molecular weight is 427 g/mol. The number of fused-ring (bicyclic) bond motifs is 1. The van der Waals surface area contributed by atoms with Gasteiger partial charge < -0.3 is 19.7 Å². The number of ether oxygens (including phenoxy) is 2. The van der Waals surface area contributed by atoms with Crippen molar-refractivity contribution < 1.29 is 14.3 Å². The third kappa shape index (κ3) is 4.48. The van der Waals surface area contributed by atoms with E-state index < -0.39 is 0 Å². The van der Waals surface area contributed by atoms with Crippen LogP contribution < -0.4 is 19.7 Å². The summed E-state index contributed by atoms with van der Waals surface area (Å²) < 4.78 is 11.3. The minimum atomic E-state index is -0.121. The Balaban J connectivity index is 1.48. The number of hydrogen-bond acceptors (Lipinski definition) is 7. The summed E-state index contributed by atoms with van der Waals surface area (Å²) in [6.45, 7) is 6.49. The van der Waals surface area contributed by atoms with Crippen LogP contribution in [0, 0.1) is 5.92 Å². The first-order valence-corrected chi connectivity index (χ1v) is 11.2. The van der Waals surface area contributed by atoms with Gasteiger partial charge in [-0.05, 0) is 51.0 Å². The van der Waals surface area contributed by atoms with Gasteiger partial charge in [0.15, 0.2) is 5.13 Å². The van der Waals surface area contributed by atoms with Crippen LogP contribution in [0.4, 0.5) is 10.8 Å². The molecule has 1 fully saturated rings. The zero-order chi connectivity index (χ0) is 20.9. The maximum Gasteiger partial charge on any atom is 0.229 e. The third-order valence-corrected chi connectivity index (χ3v) is 6.08. The fourth-order valence-corrected chi connectivity index (χ4v) is 4.58. The molecule has 2 aromatic heterocycles. The van der Waals surface area contributed by atoms with Crippen molar-refractivity contribution in [1.29, 1.82) is 0 Å². The molecule has 1 aliphatic heterocycles. The molecule has 1 N–H and O–H groups in total. The first kappa shape index (κ1) is 20.4. The lowest BCUT2D eigenvalue weighted by atomic mass is 9.97. The Morgan fingerprint density at radius 1 is 1.27 bits per heavy atom. The Hall–Kier alpha value is -2.87. The lowest BCUT2D eigenvalue weighted by molar-refractivity contribution is -0.120. The molecular weight excluding hydrogens is 400 g/mol. The molecular formula is C22H26N4O3S. The minimum Gasteiger partial charge on any atom is -0.494 e. The van der Waals surface area contributed by atoms with Crippen LogP contribution in [-0.2, 0) is 4.79 Å². The second kappa shape index (κ2) is 9.30. The SMILES string of the molecule is CCOc1ccc(OCC)c(NC(=O)[C@@H]2CCCN(c3nc4cccnc4s3)C2)c1. The average Bonchev–Trinajstić information content (AvgIpc) is 3.20. The molecule has 30 heavy (non-hydrogen) atoms. The van der Waals surface area contributed by atoms with Gasteiger partial charge in [-0.1, -0.05) is 11.3 Å². The molecule has 7 nitrogen and oxygen atoms in total. The summed E-state index contributed by atoms with van der Waals surface area (Å²) in [6, 6.07) is 9.38. The number of benzene rings is 1. The van der Waals surface area contributed by atoms with E-state index in [0.29, 0.717) is 36.9 Å². The number of aromatic nitrogens is 2. The Labute approximate surface area is 180 Å². The molecule has 0 saturated carbocycles. The lowest BCUT2D eigenvalue weighted by Crippen LogP contribution is -2.40. The van der Waals surface area contributed by atoms with Crippen molar-refractivity contribution in [1.82, 2.24) is 9.97 Å². The van der Waals surface area contributed by atoms with Gasteiger partial charge in [0.05, 0.1) is 24.8 Å². The van der Waals surface area contributed by atoms with Gasteiger partial charge in [-0.3, -0.25) is 4.79 Å². The summed E-state index contributed by atoms with van der Waals surface area (Å²) in [5.74, 6) is 1.24. The summed E-state index contributed by atoms with van der Waals surface area (Å²) in [7, 11) is 0. The fraction of sp³-hybridized carbons (Fsp3) is 0.409. The van der Waals surface area contributed by atoms with Crippen molar-refractivity contribution in [2.75, 3.05) is 36.5 Å². The monoisotopic (exact) mass is 426 g/mol. The molecule has 3 heterocycles.